The van der Waals surface area contributed by atoms with Gasteiger partial charge in [0.15, 0.2) is 11.4 Å². The normalized spacial score (nSPS) is 18.6. The highest BCUT2D eigenvalue weighted by molar-refractivity contribution is 5.87. The average Bonchev–Trinajstić information content (AvgIpc) is 2.13. The van der Waals surface area contributed by atoms with E-state index in [9.17, 15) is 39.9 Å². The van der Waals surface area contributed by atoms with Crippen molar-refractivity contribution in [2.24, 2.45) is 0 Å². The smallest absolute Gasteiger partial charge is 0.377 e. The first kappa shape index (κ1) is 17.1. The summed E-state index contributed by atoms with van der Waals surface area (Å²) in [6.07, 6.45) is -16.9. The third-order valence-corrected chi connectivity index (χ3v) is 2.04. The second-order valence-corrected chi connectivity index (χ2v) is 3.71. The summed E-state index contributed by atoms with van der Waals surface area (Å²) in [6, 6.07) is 0. The fourth-order valence-corrected chi connectivity index (χ4v) is 0.844. The maximum absolute atomic E-state index is 12.7. The van der Waals surface area contributed by atoms with Crippen LogP contribution in [0.1, 0.15) is 13.3 Å². The Morgan fingerprint density at radius 1 is 1.11 bits per heavy atom. The van der Waals surface area contributed by atoms with Gasteiger partial charge in [-0.3, -0.25) is 4.79 Å². The number of alkyl halides is 8. The minimum atomic E-state index is -5.94. The van der Waals surface area contributed by atoms with Crippen LogP contribution in [0.15, 0.2) is 0 Å². The molecule has 0 saturated carbocycles. The molecule has 2 unspecified atom stereocenters. The number of Topliss-reactive ketones (excluding diaryl/α,β-unsaturated/α-hetero) is 1. The molecule has 0 aromatic rings. The van der Waals surface area contributed by atoms with Gasteiger partial charge >= 0.3 is 6.18 Å². The molecule has 0 aliphatic rings. The van der Waals surface area contributed by atoms with Gasteiger partial charge in [-0.25, -0.2) is 22.0 Å². The average molecular weight is 288 g/mol. The molecule has 108 valence electrons. The Hall–Kier alpha value is -0.930. The second-order valence-electron chi connectivity index (χ2n) is 3.71. The Morgan fingerprint density at radius 2 is 1.50 bits per heavy atom. The molecule has 0 saturated heterocycles. The van der Waals surface area contributed by atoms with Crippen LogP contribution in [-0.2, 0) is 4.79 Å². The van der Waals surface area contributed by atoms with Crippen molar-refractivity contribution in [2.75, 3.05) is 0 Å². The van der Waals surface area contributed by atoms with Gasteiger partial charge in [0.2, 0.25) is 0 Å². The molecular formula is C8H8F8O2. The minimum Gasteiger partial charge on any atom is -0.377 e. The van der Waals surface area contributed by atoms with Crippen LogP contribution >= 0.6 is 0 Å². The minimum absolute atomic E-state index is 0.150. The third kappa shape index (κ3) is 3.79. The summed E-state index contributed by atoms with van der Waals surface area (Å²) in [4.78, 5) is 10.8. The van der Waals surface area contributed by atoms with Crippen LogP contribution in [0.5, 0.6) is 0 Å². The highest BCUT2D eigenvalue weighted by Crippen LogP contribution is 2.38. The van der Waals surface area contributed by atoms with E-state index in [-0.39, 0.29) is 6.92 Å². The number of carbonyl (C=O) groups excluding carboxylic acids is 1. The first-order chi connectivity index (χ1) is 7.73. The van der Waals surface area contributed by atoms with E-state index in [1.165, 1.54) is 0 Å². The van der Waals surface area contributed by atoms with E-state index in [1.807, 2.05) is 0 Å². The van der Waals surface area contributed by atoms with Gasteiger partial charge < -0.3 is 5.11 Å². The fourth-order valence-electron chi connectivity index (χ4n) is 0.844. The monoisotopic (exact) mass is 288 g/mol. The van der Waals surface area contributed by atoms with E-state index < -0.39 is 42.5 Å². The van der Waals surface area contributed by atoms with Crippen molar-refractivity contribution in [1.82, 2.24) is 0 Å². The molecular weight excluding hydrogens is 280 g/mol. The first-order valence-electron chi connectivity index (χ1n) is 4.35. The van der Waals surface area contributed by atoms with E-state index in [0.29, 0.717) is 0 Å². The molecule has 0 amide bonds. The predicted octanol–water partition coefficient (Wildman–Crippen LogP) is 2.50. The number of ketones is 1. The number of rotatable bonds is 5. The highest BCUT2D eigenvalue weighted by Gasteiger charge is 2.59. The van der Waals surface area contributed by atoms with Gasteiger partial charge in [-0.1, -0.05) is 0 Å². The Kier molecular flexibility index (Phi) is 4.72. The Labute approximate surface area is 95.6 Å². The zero-order chi connectivity index (χ0) is 14.9. The van der Waals surface area contributed by atoms with Gasteiger partial charge in [0.05, 0.1) is 6.42 Å². The van der Waals surface area contributed by atoms with Crippen LogP contribution in [0, 0.1) is 0 Å². The maximum Gasteiger partial charge on any atom is 0.425 e. The van der Waals surface area contributed by atoms with Crippen LogP contribution < -0.4 is 0 Å². The van der Waals surface area contributed by atoms with Gasteiger partial charge in [-0.05, 0) is 6.92 Å². The predicted molar refractivity (Wildman–Crippen MR) is 42.1 cm³/mol. The number of halogens is 8. The Balaban J connectivity index is 4.95. The summed E-state index contributed by atoms with van der Waals surface area (Å²) in [5.74, 6) is -7.51. The number of hydrogen-bond acceptors (Lipinski definition) is 2. The van der Waals surface area contributed by atoms with E-state index >= 15 is 0 Å². The largest absolute Gasteiger partial charge is 0.425 e. The molecule has 2 atom stereocenters. The van der Waals surface area contributed by atoms with Crippen molar-refractivity contribution in [3.8, 4) is 0 Å². The van der Waals surface area contributed by atoms with Gasteiger partial charge in [-0.15, -0.1) is 0 Å². The molecule has 0 bridgehead atoms. The molecule has 0 fully saturated rings. The zero-order valence-electron chi connectivity index (χ0n) is 8.74. The Bertz CT molecular complexity index is 309. The number of carbonyl (C=O) groups is 1. The summed E-state index contributed by atoms with van der Waals surface area (Å²) in [5.41, 5.74) is -3.56. The highest BCUT2D eigenvalue weighted by atomic mass is 19.4. The third-order valence-electron chi connectivity index (χ3n) is 2.04. The van der Waals surface area contributed by atoms with Crippen LogP contribution in [0.3, 0.4) is 0 Å². The van der Waals surface area contributed by atoms with Crippen LogP contribution in [0.2, 0.25) is 0 Å². The van der Waals surface area contributed by atoms with Gasteiger partial charge in [0, 0.05) is 0 Å². The lowest BCUT2D eigenvalue weighted by molar-refractivity contribution is -0.245. The zero-order valence-corrected chi connectivity index (χ0v) is 8.74. The van der Waals surface area contributed by atoms with Crippen LogP contribution in [-0.4, -0.2) is 41.2 Å². The number of aliphatic hydroxyl groups is 1. The summed E-state index contributed by atoms with van der Waals surface area (Å²) in [7, 11) is 0. The van der Waals surface area contributed by atoms with Gasteiger partial charge in [0.25, 0.3) is 18.5 Å². The number of hydrogen-bond donors (Lipinski definition) is 1. The van der Waals surface area contributed by atoms with E-state index in [1.54, 1.807) is 0 Å². The van der Waals surface area contributed by atoms with Crippen molar-refractivity contribution in [3.05, 3.63) is 0 Å². The molecule has 10 heteroatoms. The molecule has 0 aromatic carbocycles. The topological polar surface area (TPSA) is 37.3 Å². The molecule has 2 nitrogen and oxygen atoms in total. The molecule has 0 aliphatic heterocycles. The Morgan fingerprint density at radius 3 is 1.78 bits per heavy atom. The van der Waals surface area contributed by atoms with Crippen molar-refractivity contribution in [3.63, 3.8) is 0 Å². The summed E-state index contributed by atoms with van der Waals surface area (Å²) in [6.45, 7) is 0.150. The molecule has 1 N–H and O–H groups in total. The standard InChI is InChI=1S/C8H8F8O2/c1-6(18,5(10)11)3(17)2-7(12,13)4(9)8(14,15)16/h4-5,18H,2H2,1H3. The maximum atomic E-state index is 12.7. The lowest BCUT2D eigenvalue weighted by Gasteiger charge is -2.26. The lowest BCUT2D eigenvalue weighted by atomic mass is 9.94. The van der Waals surface area contributed by atoms with E-state index in [0.717, 1.165) is 0 Å². The fraction of sp³-hybridized carbons (Fsp3) is 0.875. The lowest BCUT2D eigenvalue weighted by Crippen LogP contribution is -2.49. The van der Waals surface area contributed by atoms with E-state index in [4.69, 9.17) is 5.11 Å². The summed E-state index contributed by atoms with van der Waals surface area (Å²) >= 11 is 0. The van der Waals surface area contributed by atoms with Crippen molar-refractivity contribution in [2.45, 2.75) is 43.6 Å². The molecule has 18 heavy (non-hydrogen) atoms. The molecule has 0 radical (unpaired) electrons. The molecule has 0 aromatic heterocycles. The van der Waals surface area contributed by atoms with Crippen molar-refractivity contribution >= 4 is 5.78 Å². The van der Waals surface area contributed by atoms with Gasteiger partial charge in [-0.2, -0.15) is 13.2 Å². The second kappa shape index (κ2) is 4.98. The first-order valence-corrected chi connectivity index (χ1v) is 4.35. The summed E-state index contributed by atoms with van der Waals surface area (Å²) in [5, 5.41) is 8.77. The van der Waals surface area contributed by atoms with Crippen LogP contribution in [0.4, 0.5) is 35.1 Å². The van der Waals surface area contributed by atoms with Crippen LogP contribution in [0.25, 0.3) is 0 Å². The quantitative estimate of drug-likeness (QED) is 0.789. The van der Waals surface area contributed by atoms with Crippen molar-refractivity contribution < 1.29 is 45.0 Å². The molecule has 0 heterocycles. The van der Waals surface area contributed by atoms with E-state index in [2.05, 4.69) is 0 Å². The molecule has 0 aliphatic carbocycles. The van der Waals surface area contributed by atoms with Crippen molar-refractivity contribution in [1.29, 1.82) is 0 Å². The van der Waals surface area contributed by atoms with Gasteiger partial charge in [0.1, 0.15) is 0 Å². The molecule has 0 rings (SSSR count). The molecule has 0 spiro atoms. The SMILES string of the molecule is CC(O)(C(=O)CC(F)(F)C(F)C(F)(F)F)C(F)F. The summed E-state index contributed by atoms with van der Waals surface area (Å²) < 4.78 is 96.8.